The van der Waals surface area contributed by atoms with Crippen LogP contribution in [0.25, 0.3) is 0 Å². The predicted octanol–water partition coefficient (Wildman–Crippen LogP) is 2.19. The van der Waals surface area contributed by atoms with Gasteiger partial charge in [-0.05, 0) is 26.2 Å². The zero-order chi connectivity index (χ0) is 17.1. The highest BCUT2D eigenvalue weighted by atomic mass is 16.2. The number of carbonyl (C=O) groups is 2. The van der Waals surface area contributed by atoms with E-state index in [9.17, 15) is 9.59 Å². The van der Waals surface area contributed by atoms with Crippen molar-refractivity contribution in [3.63, 3.8) is 0 Å². The Labute approximate surface area is 143 Å². The van der Waals surface area contributed by atoms with Gasteiger partial charge in [0, 0.05) is 31.7 Å². The molecule has 0 spiro atoms. The van der Waals surface area contributed by atoms with Crippen molar-refractivity contribution < 1.29 is 9.59 Å². The second-order valence-electron chi connectivity index (χ2n) is 7.02. The van der Waals surface area contributed by atoms with Gasteiger partial charge in [-0.25, -0.2) is 4.98 Å². The second-order valence-corrected chi connectivity index (χ2v) is 7.02. The van der Waals surface area contributed by atoms with Gasteiger partial charge in [0.05, 0.1) is 18.2 Å². The van der Waals surface area contributed by atoms with Crippen LogP contribution in [0.3, 0.4) is 0 Å². The number of nitrogens with zero attached hydrogens (tertiary/aromatic N) is 3. The summed E-state index contributed by atoms with van der Waals surface area (Å²) in [5, 5.41) is 3.11. The summed E-state index contributed by atoms with van der Waals surface area (Å²) in [6.07, 6.45) is 8.36. The highest BCUT2D eigenvalue weighted by Crippen LogP contribution is 2.25. The molecule has 1 aromatic heterocycles. The Morgan fingerprint density at radius 2 is 2.04 bits per heavy atom. The van der Waals surface area contributed by atoms with Gasteiger partial charge in [0.15, 0.2) is 0 Å². The Kier molecular flexibility index (Phi) is 5.21. The number of aromatic nitrogens is 2. The van der Waals surface area contributed by atoms with Gasteiger partial charge < -0.3 is 14.8 Å². The van der Waals surface area contributed by atoms with E-state index in [1.165, 1.54) is 12.8 Å². The third kappa shape index (κ3) is 3.62. The summed E-state index contributed by atoms with van der Waals surface area (Å²) in [4.78, 5) is 31.0. The fourth-order valence-electron chi connectivity index (χ4n) is 3.84. The Hall–Kier alpha value is -1.85. The summed E-state index contributed by atoms with van der Waals surface area (Å²) < 4.78 is 2.10. The molecule has 24 heavy (non-hydrogen) atoms. The fourth-order valence-corrected chi connectivity index (χ4v) is 3.84. The summed E-state index contributed by atoms with van der Waals surface area (Å²) in [7, 11) is 0. The van der Waals surface area contributed by atoms with Crippen LogP contribution in [0.1, 0.15) is 69.9 Å². The van der Waals surface area contributed by atoms with Crippen molar-refractivity contribution in [1.29, 1.82) is 0 Å². The molecule has 2 aliphatic rings. The van der Waals surface area contributed by atoms with Gasteiger partial charge >= 0.3 is 0 Å². The molecule has 132 valence electrons. The van der Waals surface area contributed by atoms with E-state index in [2.05, 4.69) is 14.9 Å². The molecule has 2 amide bonds. The van der Waals surface area contributed by atoms with Gasteiger partial charge in [0.25, 0.3) is 0 Å². The molecular formula is C18H28N4O2. The Balaban J connectivity index is 1.63. The zero-order valence-corrected chi connectivity index (χ0v) is 14.8. The number of fused-ring (bicyclic) bond motifs is 1. The van der Waals surface area contributed by atoms with Crippen LogP contribution in [-0.2, 0) is 22.6 Å². The van der Waals surface area contributed by atoms with Crippen LogP contribution in [0.4, 0.5) is 0 Å². The fraction of sp³-hybridized carbons (Fsp3) is 0.722. The molecule has 0 aromatic carbocycles. The quantitative estimate of drug-likeness (QED) is 0.899. The molecule has 6 heteroatoms. The number of hydrogen-bond acceptors (Lipinski definition) is 3. The van der Waals surface area contributed by atoms with Crippen molar-refractivity contribution in [1.82, 2.24) is 19.8 Å². The second kappa shape index (κ2) is 7.36. The highest BCUT2D eigenvalue weighted by Gasteiger charge is 2.29. The van der Waals surface area contributed by atoms with Crippen LogP contribution in [0.15, 0.2) is 6.20 Å². The molecule has 1 N–H and O–H groups in total. The van der Waals surface area contributed by atoms with Crippen LogP contribution in [0, 0.1) is 0 Å². The molecule has 3 rings (SSSR count). The summed E-state index contributed by atoms with van der Waals surface area (Å²) in [6, 6.07) is 0.320. The Morgan fingerprint density at radius 1 is 1.29 bits per heavy atom. The van der Waals surface area contributed by atoms with Crippen LogP contribution in [0.5, 0.6) is 0 Å². The first kappa shape index (κ1) is 17.0. The van der Waals surface area contributed by atoms with E-state index in [0.717, 1.165) is 43.9 Å². The van der Waals surface area contributed by atoms with Gasteiger partial charge in [-0.1, -0.05) is 19.8 Å². The van der Waals surface area contributed by atoms with E-state index in [1.54, 1.807) is 0 Å². The first-order valence-corrected chi connectivity index (χ1v) is 9.23. The molecule has 1 aliphatic carbocycles. The smallest absolute Gasteiger partial charge is 0.226 e. The zero-order valence-electron chi connectivity index (χ0n) is 14.8. The van der Waals surface area contributed by atoms with Crippen molar-refractivity contribution in [2.24, 2.45) is 0 Å². The summed E-state index contributed by atoms with van der Waals surface area (Å²) in [5.74, 6) is 1.15. The number of rotatable bonds is 5. The van der Waals surface area contributed by atoms with Crippen LogP contribution in [-0.4, -0.2) is 38.9 Å². The van der Waals surface area contributed by atoms with Crippen LogP contribution >= 0.6 is 0 Å². The first-order valence-electron chi connectivity index (χ1n) is 9.23. The van der Waals surface area contributed by atoms with Gasteiger partial charge in [-0.2, -0.15) is 0 Å². The lowest BCUT2D eigenvalue weighted by Crippen LogP contribution is -2.40. The van der Waals surface area contributed by atoms with Crippen LogP contribution < -0.4 is 5.32 Å². The summed E-state index contributed by atoms with van der Waals surface area (Å²) in [5.41, 5.74) is 0.803. The van der Waals surface area contributed by atoms with Gasteiger partial charge in [0.1, 0.15) is 5.82 Å². The molecule has 6 nitrogen and oxygen atoms in total. The molecule has 1 saturated carbocycles. The topological polar surface area (TPSA) is 67.2 Å². The first-order chi connectivity index (χ1) is 11.6. The van der Waals surface area contributed by atoms with Crippen molar-refractivity contribution >= 4 is 11.8 Å². The van der Waals surface area contributed by atoms with E-state index >= 15 is 0 Å². The van der Waals surface area contributed by atoms with Crippen molar-refractivity contribution in [3.05, 3.63) is 17.7 Å². The average Bonchev–Trinajstić information content (AvgIpc) is 3.17. The van der Waals surface area contributed by atoms with Gasteiger partial charge in [-0.3, -0.25) is 9.59 Å². The number of hydrogen-bond donors (Lipinski definition) is 1. The summed E-state index contributed by atoms with van der Waals surface area (Å²) in [6.45, 7) is 5.52. The normalized spacial score (nSPS) is 20.9. The molecule has 0 bridgehead atoms. The number of imidazole rings is 1. The van der Waals surface area contributed by atoms with Crippen LogP contribution in [0.2, 0.25) is 0 Å². The lowest BCUT2D eigenvalue weighted by atomic mass is 10.2. The maximum Gasteiger partial charge on any atom is 0.226 e. The van der Waals surface area contributed by atoms with Crippen molar-refractivity contribution in [3.8, 4) is 0 Å². The standard InChI is InChI=1S/C18H28N4O2/c1-3-6-17(24)22-10-9-21-12-15(20-18(21)13(22)2)11-16(23)19-14-7-4-5-8-14/h12-14H,3-11H2,1-2H3,(H,19,23). The maximum absolute atomic E-state index is 12.2. The number of carbonyl (C=O) groups excluding carboxylic acids is 2. The van der Waals surface area contributed by atoms with Gasteiger partial charge in [-0.15, -0.1) is 0 Å². The molecule has 0 saturated heterocycles. The van der Waals surface area contributed by atoms with Crippen molar-refractivity contribution in [2.75, 3.05) is 6.54 Å². The molecule has 1 unspecified atom stereocenters. The van der Waals surface area contributed by atoms with Gasteiger partial charge in [0.2, 0.25) is 11.8 Å². The van der Waals surface area contributed by atoms with E-state index in [4.69, 9.17) is 0 Å². The predicted molar refractivity (Wildman–Crippen MR) is 91.4 cm³/mol. The van der Waals surface area contributed by atoms with E-state index in [1.807, 2.05) is 24.9 Å². The van der Waals surface area contributed by atoms with E-state index in [0.29, 0.717) is 18.9 Å². The van der Waals surface area contributed by atoms with E-state index < -0.39 is 0 Å². The lowest BCUT2D eigenvalue weighted by Gasteiger charge is -2.33. The minimum Gasteiger partial charge on any atom is -0.353 e. The number of nitrogens with one attached hydrogen (secondary N) is 1. The molecule has 0 radical (unpaired) electrons. The minimum absolute atomic E-state index is 0.0237. The molecule has 1 aromatic rings. The monoisotopic (exact) mass is 332 g/mol. The maximum atomic E-state index is 12.2. The van der Waals surface area contributed by atoms with E-state index in [-0.39, 0.29) is 17.9 Å². The molecule has 2 heterocycles. The van der Waals surface area contributed by atoms with Crippen molar-refractivity contribution in [2.45, 2.75) is 77.4 Å². The molecular weight excluding hydrogens is 304 g/mol. The third-order valence-corrected chi connectivity index (χ3v) is 5.13. The average molecular weight is 332 g/mol. The molecule has 1 fully saturated rings. The largest absolute Gasteiger partial charge is 0.353 e. The molecule has 1 atom stereocenters. The highest BCUT2D eigenvalue weighted by molar-refractivity contribution is 5.78. The number of amides is 2. The SMILES string of the molecule is CCCC(=O)N1CCn2cc(CC(=O)NC3CCCC3)nc2C1C. The Bertz CT molecular complexity index is 604. The molecule has 1 aliphatic heterocycles. The third-order valence-electron chi connectivity index (χ3n) is 5.13. The minimum atomic E-state index is -0.0237. The lowest BCUT2D eigenvalue weighted by molar-refractivity contribution is -0.134. The Morgan fingerprint density at radius 3 is 2.75 bits per heavy atom. The summed E-state index contributed by atoms with van der Waals surface area (Å²) >= 11 is 0.